The van der Waals surface area contributed by atoms with Crippen molar-refractivity contribution in [1.29, 1.82) is 0 Å². The Morgan fingerprint density at radius 3 is 2.67 bits per heavy atom. The van der Waals surface area contributed by atoms with E-state index in [4.69, 9.17) is 4.74 Å². The average Bonchev–Trinajstić information content (AvgIpc) is 2.99. The van der Waals surface area contributed by atoms with E-state index in [1.165, 1.54) is 0 Å². The molecule has 0 saturated carbocycles. The molecule has 5 heteroatoms. The molecule has 0 radical (unpaired) electrons. The highest BCUT2D eigenvalue weighted by Gasteiger charge is 2.34. The van der Waals surface area contributed by atoms with Gasteiger partial charge in [0.15, 0.2) is 0 Å². The van der Waals surface area contributed by atoms with Crippen LogP contribution in [0.25, 0.3) is 0 Å². The first-order valence-corrected chi connectivity index (χ1v) is 9.09. The first-order chi connectivity index (χ1) is 11.5. The van der Waals surface area contributed by atoms with Crippen LogP contribution in [0.1, 0.15) is 51.0 Å². The number of nitrogens with zero attached hydrogens (tertiary/aromatic N) is 2. The lowest BCUT2D eigenvalue weighted by molar-refractivity contribution is -0.136. The van der Waals surface area contributed by atoms with E-state index in [-0.39, 0.29) is 12.0 Å². The zero-order chi connectivity index (χ0) is 17.0. The number of ether oxygens (including phenoxy) is 1. The highest BCUT2D eigenvalue weighted by molar-refractivity contribution is 5.76. The molecule has 2 saturated heterocycles. The summed E-state index contributed by atoms with van der Waals surface area (Å²) in [5.41, 5.74) is 0.391. The zero-order valence-electron chi connectivity index (χ0n) is 14.5. The second kappa shape index (κ2) is 7.62. The smallest absolute Gasteiger partial charge is 0.222 e. The Bertz CT molecular complexity index is 541. The molecule has 1 aromatic heterocycles. The summed E-state index contributed by atoms with van der Waals surface area (Å²) in [4.78, 5) is 18.3. The molecule has 2 fully saturated rings. The molecule has 2 aliphatic heterocycles. The third-order valence-electron chi connectivity index (χ3n) is 5.33. The van der Waals surface area contributed by atoms with Crippen molar-refractivity contribution in [3.63, 3.8) is 0 Å². The maximum absolute atomic E-state index is 12.4. The van der Waals surface area contributed by atoms with Crippen LogP contribution in [0.2, 0.25) is 0 Å². The van der Waals surface area contributed by atoms with E-state index in [1.54, 1.807) is 12.4 Å². The van der Waals surface area contributed by atoms with Crippen molar-refractivity contribution in [2.24, 2.45) is 0 Å². The van der Waals surface area contributed by atoms with Gasteiger partial charge in [-0.1, -0.05) is 0 Å². The molecule has 3 rings (SSSR count). The van der Waals surface area contributed by atoms with E-state index < -0.39 is 5.60 Å². The van der Waals surface area contributed by atoms with Crippen molar-refractivity contribution < 1.29 is 14.6 Å². The van der Waals surface area contributed by atoms with Crippen LogP contribution in [0.3, 0.4) is 0 Å². The molecule has 0 spiro atoms. The van der Waals surface area contributed by atoms with E-state index in [2.05, 4.69) is 11.9 Å². The fourth-order valence-corrected chi connectivity index (χ4v) is 3.77. The predicted molar refractivity (Wildman–Crippen MR) is 91.5 cm³/mol. The number of piperidine rings is 1. The predicted octanol–water partition coefficient (Wildman–Crippen LogP) is 2.33. The fraction of sp³-hybridized carbons (Fsp3) is 0.684. The third kappa shape index (κ3) is 4.54. The topological polar surface area (TPSA) is 62.7 Å². The Kier molecular flexibility index (Phi) is 5.51. The van der Waals surface area contributed by atoms with Crippen LogP contribution in [0.5, 0.6) is 0 Å². The molecule has 2 atom stereocenters. The highest BCUT2D eigenvalue weighted by atomic mass is 16.5. The lowest BCUT2D eigenvalue weighted by Gasteiger charge is -2.38. The summed E-state index contributed by atoms with van der Waals surface area (Å²) in [5, 5.41) is 10.8. The summed E-state index contributed by atoms with van der Waals surface area (Å²) < 4.78 is 5.78. The second-order valence-electron chi connectivity index (χ2n) is 7.32. The fourth-order valence-electron chi connectivity index (χ4n) is 3.77. The number of amides is 1. The van der Waals surface area contributed by atoms with Crippen molar-refractivity contribution in [3.8, 4) is 0 Å². The number of aliphatic hydroxyl groups is 1. The van der Waals surface area contributed by atoms with E-state index in [0.29, 0.717) is 44.9 Å². The van der Waals surface area contributed by atoms with Gasteiger partial charge < -0.3 is 14.7 Å². The van der Waals surface area contributed by atoms with Gasteiger partial charge in [0.05, 0.1) is 17.8 Å². The highest BCUT2D eigenvalue weighted by Crippen LogP contribution is 2.27. The van der Waals surface area contributed by atoms with Gasteiger partial charge in [0.25, 0.3) is 0 Å². The van der Waals surface area contributed by atoms with Gasteiger partial charge in [-0.15, -0.1) is 0 Å². The van der Waals surface area contributed by atoms with Gasteiger partial charge in [-0.2, -0.15) is 0 Å². The number of hydrogen-bond acceptors (Lipinski definition) is 4. The van der Waals surface area contributed by atoms with Crippen molar-refractivity contribution in [2.75, 3.05) is 13.1 Å². The van der Waals surface area contributed by atoms with Crippen LogP contribution < -0.4 is 0 Å². The number of carbonyl (C=O) groups is 1. The molecule has 0 bridgehead atoms. The zero-order valence-corrected chi connectivity index (χ0v) is 14.5. The monoisotopic (exact) mass is 332 g/mol. The van der Waals surface area contributed by atoms with Crippen LogP contribution in [0.15, 0.2) is 24.5 Å². The Morgan fingerprint density at radius 2 is 2.04 bits per heavy atom. The van der Waals surface area contributed by atoms with Crippen LogP contribution in [-0.4, -0.2) is 51.8 Å². The molecule has 1 amide bonds. The van der Waals surface area contributed by atoms with Gasteiger partial charge in [-0.25, -0.2) is 0 Å². The van der Waals surface area contributed by atoms with Gasteiger partial charge in [-0.3, -0.25) is 9.78 Å². The first-order valence-electron chi connectivity index (χ1n) is 9.09. The first kappa shape index (κ1) is 17.4. The SMILES string of the molecule is CC1CCC(CCC(=O)N2CCC(O)(Cc3ccncc3)CC2)O1. The minimum atomic E-state index is -0.706. The molecule has 5 nitrogen and oxygen atoms in total. The summed E-state index contributed by atoms with van der Waals surface area (Å²) in [7, 11) is 0. The number of likely N-dealkylation sites (tertiary alicyclic amines) is 1. The van der Waals surface area contributed by atoms with Crippen molar-refractivity contribution >= 4 is 5.91 Å². The van der Waals surface area contributed by atoms with Gasteiger partial charge in [0.2, 0.25) is 5.91 Å². The Balaban J connectivity index is 1.43. The Morgan fingerprint density at radius 1 is 1.33 bits per heavy atom. The number of hydrogen-bond donors (Lipinski definition) is 1. The third-order valence-corrected chi connectivity index (χ3v) is 5.33. The molecule has 3 heterocycles. The van der Waals surface area contributed by atoms with Crippen LogP contribution >= 0.6 is 0 Å². The van der Waals surface area contributed by atoms with Crippen LogP contribution in [-0.2, 0) is 16.0 Å². The number of carbonyl (C=O) groups excluding carboxylic acids is 1. The molecule has 0 aliphatic carbocycles. The molecule has 0 aromatic carbocycles. The quantitative estimate of drug-likeness (QED) is 0.899. The molecule has 24 heavy (non-hydrogen) atoms. The minimum absolute atomic E-state index is 0.198. The van der Waals surface area contributed by atoms with Gasteiger partial charge in [0, 0.05) is 38.3 Å². The van der Waals surface area contributed by atoms with Gasteiger partial charge >= 0.3 is 0 Å². The number of rotatable bonds is 5. The largest absolute Gasteiger partial charge is 0.389 e. The van der Waals surface area contributed by atoms with E-state index in [9.17, 15) is 9.90 Å². The summed E-state index contributed by atoms with van der Waals surface area (Å²) in [6.45, 7) is 3.38. The summed E-state index contributed by atoms with van der Waals surface area (Å²) >= 11 is 0. The lowest BCUT2D eigenvalue weighted by Crippen LogP contribution is -2.47. The summed E-state index contributed by atoms with van der Waals surface area (Å²) in [5.74, 6) is 0.198. The van der Waals surface area contributed by atoms with Crippen LogP contribution in [0.4, 0.5) is 0 Å². The maximum atomic E-state index is 12.4. The van der Waals surface area contributed by atoms with Crippen molar-refractivity contribution in [2.45, 2.75) is 69.7 Å². The normalized spacial score (nSPS) is 26.5. The molecular formula is C19H28N2O3. The Hall–Kier alpha value is -1.46. The van der Waals surface area contributed by atoms with E-state index in [1.807, 2.05) is 17.0 Å². The molecule has 1 aromatic rings. The van der Waals surface area contributed by atoms with Crippen molar-refractivity contribution in [3.05, 3.63) is 30.1 Å². The summed E-state index contributed by atoms with van der Waals surface area (Å²) in [6, 6.07) is 3.89. The molecule has 2 aliphatic rings. The van der Waals surface area contributed by atoms with Crippen molar-refractivity contribution in [1.82, 2.24) is 9.88 Å². The molecule has 1 N–H and O–H groups in total. The minimum Gasteiger partial charge on any atom is -0.389 e. The van der Waals surface area contributed by atoms with E-state index >= 15 is 0 Å². The van der Waals surface area contributed by atoms with Gasteiger partial charge in [0.1, 0.15) is 0 Å². The second-order valence-corrected chi connectivity index (χ2v) is 7.32. The molecule has 132 valence electrons. The maximum Gasteiger partial charge on any atom is 0.222 e. The Labute approximate surface area is 144 Å². The molecule has 2 unspecified atom stereocenters. The van der Waals surface area contributed by atoms with Crippen LogP contribution in [0, 0.1) is 0 Å². The van der Waals surface area contributed by atoms with E-state index in [0.717, 1.165) is 24.8 Å². The number of pyridine rings is 1. The number of aromatic nitrogens is 1. The lowest BCUT2D eigenvalue weighted by atomic mass is 9.85. The summed E-state index contributed by atoms with van der Waals surface area (Å²) in [6.07, 6.45) is 9.54. The van der Waals surface area contributed by atoms with Gasteiger partial charge in [-0.05, 0) is 56.7 Å². The average molecular weight is 332 g/mol. The standard InChI is InChI=1S/C19H28N2O3/c1-15-2-3-17(24-15)4-5-18(22)21-12-8-19(23,9-13-21)14-16-6-10-20-11-7-16/h6-7,10-11,15,17,23H,2-5,8-9,12-14H2,1H3. The molecular weight excluding hydrogens is 304 g/mol.